The molecule has 4 fully saturated rings. The van der Waals surface area contributed by atoms with Crippen molar-refractivity contribution in [1.29, 1.82) is 0 Å². The van der Waals surface area contributed by atoms with Gasteiger partial charge in [-0.05, 0) is 84.9 Å². The van der Waals surface area contributed by atoms with E-state index in [0.29, 0.717) is 25.2 Å². The van der Waals surface area contributed by atoms with Gasteiger partial charge in [0.1, 0.15) is 0 Å². The topological polar surface area (TPSA) is 118 Å². The van der Waals surface area contributed by atoms with Crippen molar-refractivity contribution in [3.8, 4) is 0 Å². The molecule has 0 heterocycles. The molecule has 5 aliphatic carbocycles. The lowest BCUT2D eigenvalue weighted by molar-refractivity contribution is -0.273. The summed E-state index contributed by atoms with van der Waals surface area (Å²) in [7, 11) is 0. The zero-order valence-corrected chi connectivity index (χ0v) is 23.0. The van der Waals surface area contributed by atoms with E-state index in [9.17, 15) is 30.3 Å². The van der Waals surface area contributed by atoms with E-state index in [1.54, 1.807) is 0 Å². The average molecular weight is 505 g/mol. The van der Waals surface area contributed by atoms with Crippen molar-refractivity contribution in [2.45, 2.75) is 105 Å². The number of hydrogen-bond donors (Lipinski definition) is 5. The van der Waals surface area contributed by atoms with Crippen LogP contribution in [0, 0.1) is 56.7 Å². The summed E-state index contributed by atoms with van der Waals surface area (Å²) >= 11 is 0. The van der Waals surface area contributed by atoms with Crippen LogP contribution in [0.1, 0.15) is 86.5 Å². The maximum absolute atomic E-state index is 12.8. The smallest absolute Gasteiger partial charge is 0.310 e. The zero-order chi connectivity index (χ0) is 26.6. The minimum Gasteiger partial charge on any atom is -0.481 e. The highest BCUT2D eigenvalue weighted by Gasteiger charge is 2.72. The van der Waals surface area contributed by atoms with Crippen molar-refractivity contribution in [3.05, 3.63) is 11.6 Å². The van der Waals surface area contributed by atoms with Gasteiger partial charge < -0.3 is 25.5 Å². The van der Waals surface area contributed by atoms with Gasteiger partial charge in [-0.2, -0.15) is 0 Å². The minimum absolute atomic E-state index is 0.000534. The van der Waals surface area contributed by atoms with E-state index in [2.05, 4.69) is 40.7 Å². The molecule has 5 aliphatic rings. The van der Waals surface area contributed by atoms with Crippen LogP contribution >= 0.6 is 0 Å². The fourth-order valence-corrected chi connectivity index (χ4v) is 11.2. The minimum atomic E-state index is -1.08. The molecule has 0 bridgehead atoms. The summed E-state index contributed by atoms with van der Waals surface area (Å²) in [5.74, 6) is -0.0914. The van der Waals surface area contributed by atoms with Gasteiger partial charge in [-0.25, -0.2) is 0 Å². The Morgan fingerprint density at radius 3 is 2.28 bits per heavy atom. The summed E-state index contributed by atoms with van der Waals surface area (Å²) in [4.78, 5) is 12.8. The summed E-state index contributed by atoms with van der Waals surface area (Å²) in [6, 6.07) is 0. The highest BCUT2D eigenvalue weighted by molar-refractivity contribution is 5.76. The van der Waals surface area contributed by atoms with E-state index in [4.69, 9.17) is 0 Å². The third-order valence-corrected chi connectivity index (χ3v) is 13.4. The van der Waals surface area contributed by atoms with Crippen molar-refractivity contribution in [3.63, 3.8) is 0 Å². The molecule has 0 aromatic carbocycles. The second-order valence-corrected chi connectivity index (χ2v) is 14.6. The predicted molar refractivity (Wildman–Crippen MR) is 137 cm³/mol. The Balaban J connectivity index is 1.65. The van der Waals surface area contributed by atoms with E-state index < -0.39 is 40.5 Å². The summed E-state index contributed by atoms with van der Waals surface area (Å²) in [5, 5.41) is 54.7. The number of fused-ring (bicyclic) bond motifs is 7. The van der Waals surface area contributed by atoms with E-state index >= 15 is 0 Å². The van der Waals surface area contributed by atoms with Crippen LogP contribution in [-0.4, -0.2) is 56.4 Å². The van der Waals surface area contributed by atoms with Crippen molar-refractivity contribution in [1.82, 2.24) is 0 Å². The van der Waals surface area contributed by atoms with Crippen molar-refractivity contribution < 1.29 is 30.3 Å². The second kappa shape index (κ2) is 8.03. The fourth-order valence-electron chi connectivity index (χ4n) is 11.2. The normalized spacial score (nSPS) is 58.6. The van der Waals surface area contributed by atoms with Crippen LogP contribution in [0.25, 0.3) is 0 Å². The number of carbonyl (C=O) groups is 1. The fraction of sp³-hybridized carbons (Fsp3) is 0.900. The Labute approximate surface area is 216 Å². The average Bonchev–Trinajstić information content (AvgIpc) is 2.80. The quantitative estimate of drug-likeness (QED) is 0.363. The molecular formula is C30H48O6. The lowest BCUT2D eigenvalue weighted by atomic mass is 9.32. The van der Waals surface area contributed by atoms with Crippen molar-refractivity contribution in [2.75, 3.05) is 6.61 Å². The van der Waals surface area contributed by atoms with E-state index in [1.807, 2.05) is 6.92 Å². The maximum Gasteiger partial charge on any atom is 0.310 e. The molecule has 0 aliphatic heterocycles. The highest BCUT2D eigenvalue weighted by Crippen LogP contribution is 2.75. The van der Waals surface area contributed by atoms with Gasteiger partial charge in [0.05, 0.1) is 30.3 Å². The molecule has 36 heavy (non-hydrogen) atoms. The third-order valence-electron chi connectivity index (χ3n) is 13.4. The van der Waals surface area contributed by atoms with Crippen LogP contribution in [0.2, 0.25) is 0 Å². The van der Waals surface area contributed by atoms with Crippen LogP contribution in [0.4, 0.5) is 0 Å². The number of carboxylic acids is 1. The van der Waals surface area contributed by atoms with Crippen LogP contribution in [-0.2, 0) is 4.79 Å². The molecule has 6 nitrogen and oxygen atoms in total. The summed E-state index contributed by atoms with van der Waals surface area (Å²) in [6.07, 6.45) is 4.44. The van der Waals surface area contributed by atoms with Gasteiger partial charge in [0.25, 0.3) is 0 Å². The summed E-state index contributed by atoms with van der Waals surface area (Å²) in [5.41, 5.74) is -1.41. The van der Waals surface area contributed by atoms with Gasteiger partial charge in [0.2, 0.25) is 0 Å². The molecule has 6 heteroatoms. The highest BCUT2D eigenvalue weighted by atomic mass is 16.4. The molecule has 204 valence electrons. The van der Waals surface area contributed by atoms with Crippen LogP contribution < -0.4 is 0 Å². The molecule has 5 rings (SSSR count). The Morgan fingerprint density at radius 1 is 1.00 bits per heavy atom. The molecule has 4 saturated carbocycles. The van der Waals surface area contributed by atoms with E-state index in [0.717, 1.165) is 25.7 Å². The Bertz CT molecular complexity index is 963. The number of aliphatic hydroxyl groups is 4. The van der Waals surface area contributed by atoms with Crippen LogP contribution in [0.5, 0.6) is 0 Å². The van der Waals surface area contributed by atoms with E-state index in [-0.39, 0.29) is 41.1 Å². The number of hydrogen-bond acceptors (Lipinski definition) is 5. The maximum atomic E-state index is 12.8. The largest absolute Gasteiger partial charge is 0.481 e. The lowest BCUT2D eigenvalue weighted by Crippen LogP contribution is -2.71. The number of aliphatic hydroxyl groups excluding tert-OH is 4. The molecule has 0 amide bonds. The van der Waals surface area contributed by atoms with Crippen LogP contribution in [0.15, 0.2) is 11.6 Å². The Kier molecular flexibility index (Phi) is 5.95. The Morgan fingerprint density at radius 2 is 1.67 bits per heavy atom. The van der Waals surface area contributed by atoms with Crippen molar-refractivity contribution in [2.24, 2.45) is 56.7 Å². The molecule has 0 aromatic heterocycles. The zero-order valence-electron chi connectivity index (χ0n) is 23.0. The first kappa shape index (κ1) is 26.6. The predicted octanol–water partition coefficient (Wildman–Crippen LogP) is 4.00. The van der Waals surface area contributed by atoms with Crippen LogP contribution in [0.3, 0.4) is 0 Å². The van der Waals surface area contributed by atoms with Gasteiger partial charge in [-0.1, -0.05) is 53.2 Å². The molecule has 0 saturated heterocycles. The lowest BCUT2D eigenvalue weighted by Gasteiger charge is -2.72. The first-order chi connectivity index (χ1) is 16.6. The molecule has 5 N–H and O–H groups in total. The summed E-state index contributed by atoms with van der Waals surface area (Å²) in [6.45, 7) is 12.8. The Hall–Kier alpha value is -0.950. The molecule has 0 radical (unpaired) electrons. The number of rotatable bonds is 2. The molecule has 0 aromatic rings. The summed E-state index contributed by atoms with van der Waals surface area (Å²) < 4.78 is 0. The van der Waals surface area contributed by atoms with Gasteiger partial charge in [-0.3, -0.25) is 4.79 Å². The van der Waals surface area contributed by atoms with E-state index in [1.165, 1.54) is 5.57 Å². The van der Waals surface area contributed by atoms with Gasteiger partial charge in [0, 0.05) is 11.3 Å². The molecule has 0 unspecified atom stereocenters. The first-order valence-corrected chi connectivity index (χ1v) is 14.2. The monoisotopic (exact) mass is 504 g/mol. The SMILES string of the molecule is C[C@@H]1[C@H]2C3=CC[C@@H]4[C@@]5(C)C[C@H](O)[C@H](O)[C@@](C)(CO)[C@@H]5[C@H](O)C[C@@]4(C)[C@]3(C)CC[C@@]2(C(=O)O)CC[C@@H]1C. The third kappa shape index (κ3) is 2.96. The molecule has 0 spiro atoms. The number of carboxylic acid groups (broad SMARTS) is 1. The first-order valence-electron chi connectivity index (χ1n) is 14.2. The van der Waals surface area contributed by atoms with Gasteiger partial charge >= 0.3 is 5.97 Å². The molecule has 13 atom stereocenters. The van der Waals surface area contributed by atoms with Gasteiger partial charge in [-0.15, -0.1) is 0 Å². The van der Waals surface area contributed by atoms with Gasteiger partial charge in [0.15, 0.2) is 0 Å². The number of aliphatic carboxylic acids is 1. The second-order valence-electron chi connectivity index (χ2n) is 14.6. The molecular weight excluding hydrogens is 456 g/mol. The van der Waals surface area contributed by atoms with Crippen molar-refractivity contribution >= 4 is 5.97 Å². The standard InChI is InChI=1S/C30H48O6/c1-16-9-10-30(25(35)36)12-11-28(5)18(22(30)17(16)2)7-8-21-26(3)13-20(33)24(34)27(4,15-31)23(26)19(32)14-29(21,28)6/h7,16-17,19-24,31-34H,8-15H2,1-6H3,(H,35,36)/t16-,17-,19+,20-,21+,22-,23+,24-,26+,27-,28+,29+,30-/m0/s1. The number of allylic oxidation sites excluding steroid dienone is 2.